The lowest BCUT2D eigenvalue weighted by atomic mass is 9.75. The number of aliphatic hydroxyl groups excluding tert-OH is 1. The zero-order valence-electron chi connectivity index (χ0n) is 25.6. The topological polar surface area (TPSA) is 144 Å². The Morgan fingerprint density at radius 3 is 2.71 bits per heavy atom. The lowest BCUT2D eigenvalue weighted by Gasteiger charge is -2.31. The Bertz CT molecular complexity index is 1740. The van der Waals surface area contributed by atoms with Crippen LogP contribution in [0.4, 0.5) is 0 Å². The van der Waals surface area contributed by atoms with Gasteiger partial charge in [0.15, 0.2) is 6.29 Å². The minimum Gasteiger partial charge on any atom is -0.492 e. The van der Waals surface area contributed by atoms with Gasteiger partial charge < -0.3 is 34.1 Å². The summed E-state index contributed by atoms with van der Waals surface area (Å²) in [5, 5.41) is 21.3. The molecular weight excluding hydrogens is 578 g/mol. The number of aromatic nitrogens is 1. The van der Waals surface area contributed by atoms with Crippen LogP contribution in [0.25, 0.3) is 16.5 Å². The second kappa shape index (κ2) is 12.2. The van der Waals surface area contributed by atoms with Crippen molar-refractivity contribution in [1.29, 1.82) is 0 Å². The molecule has 0 radical (unpaired) electrons. The summed E-state index contributed by atoms with van der Waals surface area (Å²) < 4.78 is 23.9. The predicted molar refractivity (Wildman–Crippen MR) is 165 cm³/mol. The summed E-state index contributed by atoms with van der Waals surface area (Å²) in [5.41, 5.74) is 3.13. The number of aromatic amines is 1. The van der Waals surface area contributed by atoms with E-state index in [1.165, 1.54) is 0 Å². The number of aldehydes is 1. The number of allylic oxidation sites excluding steroid dienone is 3. The van der Waals surface area contributed by atoms with Gasteiger partial charge in [-0.1, -0.05) is 11.6 Å². The van der Waals surface area contributed by atoms with Crippen LogP contribution in [-0.4, -0.2) is 64.8 Å². The molecule has 6 rings (SSSR count). The van der Waals surface area contributed by atoms with Crippen LogP contribution in [0.3, 0.4) is 0 Å². The second-order valence-electron chi connectivity index (χ2n) is 12.2. The first-order valence-electron chi connectivity index (χ1n) is 15.3. The molecule has 3 N–H and O–H groups in total. The van der Waals surface area contributed by atoms with Gasteiger partial charge in [-0.05, 0) is 62.8 Å². The number of hydrogen-bond donors (Lipinski definition) is 3. The SMILES string of the molecule is CCOC(=O)C1=C(C=O)C(=C2CCC(=O)C(c3ccc4[nH]ccc4c3)C2)c2c(cc3c(c2OCCCO)CC(C(C)(C)O)O3)O1. The summed E-state index contributed by atoms with van der Waals surface area (Å²) in [6.07, 6.45) is 3.49. The molecule has 10 nitrogen and oxygen atoms in total. The molecule has 3 aliphatic rings. The zero-order valence-corrected chi connectivity index (χ0v) is 25.6. The molecular formula is C35H37NO9. The first-order valence-corrected chi connectivity index (χ1v) is 15.3. The van der Waals surface area contributed by atoms with Gasteiger partial charge in [-0.25, -0.2) is 4.79 Å². The molecule has 2 atom stereocenters. The monoisotopic (exact) mass is 615 g/mol. The van der Waals surface area contributed by atoms with Crippen molar-refractivity contribution in [3.05, 3.63) is 70.1 Å². The zero-order chi connectivity index (χ0) is 31.9. The average molecular weight is 616 g/mol. The normalized spacial score (nSPS) is 21.2. The third-order valence-electron chi connectivity index (χ3n) is 8.70. The van der Waals surface area contributed by atoms with Crippen LogP contribution in [0.15, 0.2) is 53.4 Å². The largest absolute Gasteiger partial charge is 0.492 e. The van der Waals surface area contributed by atoms with E-state index < -0.39 is 23.6 Å². The number of aliphatic hydroxyl groups is 2. The minimum atomic E-state index is -1.18. The molecule has 0 amide bonds. The van der Waals surface area contributed by atoms with E-state index >= 15 is 0 Å². The number of rotatable bonds is 9. The van der Waals surface area contributed by atoms with Crippen molar-refractivity contribution in [3.63, 3.8) is 0 Å². The van der Waals surface area contributed by atoms with Gasteiger partial charge in [0.1, 0.15) is 29.1 Å². The lowest BCUT2D eigenvalue weighted by Crippen LogP contribution is -2.39. The molecule has 0 spiro atoms. The van der Waals surface area contributed by atoms with E-state index in [1.54, 1.807) is 26.8 Å². The molecule has 2 aromatic carbocycles. The second-order valence-corrected chi connectivity index (χ2v) is 12.2. The number of nitrogens with one attached hydrogen (secondary N) is 1. The average Bonchev–Trinajstić information content (AvgIpc) is 3.67. The number of Topliss-reactive ketones (excluding diaryl/α,β-unsaturated/α-hetero) is 1. The summed E-state index contributed by atoms with van der Waals surface area (Å²) in [4.78, 5) is 42.6. The molecule has 3 aromatic rings. The van der Waals surface area contributed by atoms with Crippen molar-refractivity contribution >= 4 is 34.5 Å². The number of ketones is 1. The number of H-pyrrole nitrogens is 1. The van der Waals surface area contributed by atoms with E-state index in [1.807, 2.05) is 30.5 Å². The maximum absolute atomic E-state index is 13.4. The fraction of sp³-hybridized carbons (Fsp3) is 0.400. The van der Waals surface area contributed by atoms with Crippen molar-refractivity contribution in [2.45, 2.75) is 70.5 Å². The van der Waals surface area contributed by atoms with E-state index in [0.29, 0.717) is 60.2 Å². The number of esters is 1. The third kappa shape index (κ3) is 5.64. The van der Waals surface area contributed by atoms with E-state index in [2.05, 4.69) is 4.98 Å². The maximum atomic E-state index is 13.4. The summed E-state index contributed by atoms with van der Waals surface area (Å²) in [6, 6.07) is 9.51. The molecule has 3 heterocycles. The number of benzene rings is 2. The molecule has 236 valence electrons. The number of ether oxygens (including phenoxy) is 4. The van der Waals surface area contributed by atoms with Crippen molar-refractivity contribution in [2.75, 3.05) is 19.8 Å². The number of fused-ring (bicyclic) bond motifs is 3. The van der Waals surface area contributed by atoms with Gasteiger partial charge in [-0.3, -0.25) is 9.59 Å². The molecule has 1 aromatic heterocycles. The van der Waals surface area contributed by atoms with E-state index in [9.17, 15) is 24.6 Å². The van der Waals surface area contributed by atoms with Crippen LogP contribution < -0.4 is 14.2 Å². The Morgan fingerprint density at radius 1 is 1.16 bits per heavy atom. The molecule has 0 saturated heterocycles. The maximum Gasteiger partial charge on any atom is 0.375 e. The fourth-order valence-corrected chi connectivity index (χ4v) is 6.41. The number of carbonyl (C=O) groups excluding carboxylic acids is 3. The van der Waals surface area contributed by atoms with Crippen LogP contribution in [-0.2, 0) is 25.5 Å². The molecule has 10 heteroatoms. The Labute approximate surface area is 260 Å². The van der Waals surface area contributed by atoms with Crippen LogP contribution in [0.1, 0.15) is 69.1 Å². The Kier molecular flexibility index (Phi) is 8.28. The van der Waals surface area contributed by atoms with Crippen molar-refractivity contribution < 1.29 is 43.5 Å². The molecule has 2 unspecified atom stereocenters. The van der Waals surface area contributed by atoms with Gasteiger partial charge in [-0.15, -0.1) is 0 Å². The molecule has 2 aliphatic heterocycles. The first kappa shape index (κ1) is 30.6. The lowest BCUT2D eigenvalue weighted by molar-refractivity contribution is -0.141. The van der Waals surface area contributed by atoms with E-state index in [0.717, 1.165) is 22.0 Å². The van der Waals surface area contributed by atoms with Gasteiger partial charge in [0.05, 0.1) is 30.0 Å². The molecule has 45 heavy (non-hydrogen) atoms. The Morgan fingerprint density at radius 2 is 1.98 bits per heavy atom. The summed E-state index contributed by atoms with van der Waals surface area (Å²) in [7, 11) is 0. The summed E-state index contributed by atoms with van der Waals surface area (Å²) >= 11 is 0. The Hall–Kier alpha value is -4.41. The highest BCUT2D eigenvalue weighted by Crippen LogP contribution is 2.54. The van der Waals surface area contributed by atoms with E-state index in [4.69, 9.17) is 18.9 Å². The Balaban J connectivity index is 1.56. The molecule has 0 bridgehead atoms. The van der Waals surface area contributed by atoms with Gasteiger partial charge >= 0.3 is 5.97 Å². The van der Waals surface area contributed by atoms with Gasteiger partial charge in [0, 0.05) is 60.7 Å². The van der Waals surface area contributed by atoms with Crippen molar-refractivity contribution in [1.82, 2.24) is 4.98 Å². The molecule has 1 aliphatic carbocycles. The molecule has 1 saturated carbocycles. The highest BCUT2D eigenvalue weighted by atomic mass is 16.6. The summed E-state index contributed by atoms with van der Waals surface area (Å²) in [5.74, 6) is -0.332. The predicted octanol–water partition coefficient (Wildman–Crippen LogP) is 4.70. The smallest absolute Gasteiger partial charge is 0.375 e. The van der Waals surface area contributed by atoms with Crippen molar-refractivity contribution in [3.8, 4) is 17.2 Å². The van der Waals surface area contributed by atoms with Crippen molar-refractivity contribution in [2.24, 2.45) is 0 Å². The van der Waals surface area contributed by atoms with Crippen LogP contribution in [0.5, 0.6) is 17.2 Å². The summed E-state index contributed by atoms with van der Waals surface area (Å²) in [6.45, 7) is 5.14. The highest BCUT2D eigenvalue weighted by molar-refractivity contribution is 6.10. The van der Waals surface area contributed by atoms with Crippen LogP contribution in [0, 0.1) is 0 Å². The highest BCUT2D eigenvalue weighted by Gasteiger charge is 2.42. The minimum absolute atomic E-state index is 0.0232. The van der Waals surface area contributed by atoms with Crippen LogP contribution in [0.2, 0.25) is 0 Å². The quantitative estimate of drug-likeness (QED) is 0.177. The standard InChI is InChI=1S/C35H37NO9/c1-4-42-34(40)33-24(18-38)30(21-7-9-26(39)22(15-21)19-6-8-25-20(14-19)10-11-36-25)31-28(45-33)17-27-23(32(31)43-13-5-12-37)16-29(44-27)35(2,3)41/h6,8,10-11,14,17-18,22,29,36-37,41H,4-5,7,9,12-13,15-16H2,1-3H3. The van der Waals surface area contributed by atoms with Gasteiger partial charge in [0.2, 0.25) is 5.76 Å². The third-order valence-corrected chi connectivity index (χ3v) is 8.70. The van der Waals surface area contributed by atoms with Gasteiger partial charge in [0.25, 0.3) is 0 Å². The van der Waals surface area contributed by atoms with Crippen LogP contribution >= 0.6 is 0 Å². The molecule has 1 fully saturated rings. The fourth-order valence-electron chi connectivity index (χ4n) is 6.41. The van der Waals surface area contributed by atoms with E-state index in [-0.39, 0.29) is 49.1 Å². The first-order chi connectivity index (χ1) is 21.6. The van der Waals surface area contributed by atoms with Gasteiger partial charge in [-0.2, -0.15) is 0 Å². The number of hydrogen-bond acceptors (Lipinski definition) is 9. The number of carbonyl (C=O) groups is 3.